The molecule has 5 rings (SSSR count). The number of hydrogen-bond donors (Lipinski definition) is 1. The largest absolute Gasteiger partial charge is 0.494 e. The van der Waals surface area contributed by atoms with Crippen molar-refractivity contribution in [3.05, 3.63) is 36.2 Å². The molecule has 2 saturated heterocycles. The van der Waals surface area contributed by atoms with Gasteiger partial charge in [-0.15, -0.1) is 0 Å². The minimum absolute atomic E-state index is 0.110. The summed E-state index contributed by atoms with van der Waals surface area (Å²) in [5, 5.41) is 2.13. The molecule has 0 aliphatic carbocycles. The molecule has 0 bridgehead atoms. The number of H-pyrrole nitrogens is 1. The topological polar surface area (TPSA) is 76.7 Å². The van der Waals surface area contributed by atoms with Crippen LogP contribution in [0.25, 0.3) is 21.8 Å². The van der Waals surface area contributed by atoms with Gasteiger partial charge in [0.05, 0.1) is 28.3 Å². The van der Waals surface area contributed by atoms with Gasteiger partial charge in [0.15, 0.2) is 0 Å². The van der Waals surface area contributed by atoms with Gasteiger partial charge in [-0.3, -0.25) is 4.90 Å². The quantitative estimate of drug-likeness (QED) is 0.536. The fraction of sp³-hybridized carbons (Fsp3) is 0.538. The number of benzene rings is 2. The van der Waals surface area contributed by atoms with Gasteiger partial charge >= 0.3 is 13.2 Å². The molecule has 3 heterocycles. The van der Waals surface area contributed by atoms with E-state index in [0.29, 0.717) is 6.54 Å². The highest BCUT2D eigenvalue weighted by Gasteiger charge is 2.51. The number of carbonyl (C=O) groups excluding carboxylic acids is 1. The van der Waals surface area contributed by atoms with Crippen LogP contribution in [-0.4, -0.2) is 51.4 Å². The molecule has 1 atom stereocenters. The molecule has 2 aliphatic rings. The molecule has 7 nitrogen and oxygen atoms in total. The Balaban J connectivity index is 1.46. The zero-order valence-corrected chi connectivity index (χ0v) is 21.2. The van der Waals surface area contributed by atoms with Crippen molar-refractivity contribution in [2.45, 2.75) is 84.2 Å². The number of rotatable bonds is 2. The molecule has 1 N–H and O–H groups in total. The molecule has 180 valence electrons. The fourth-order valence-electron chi connectivity index (χ4n) is 4.71. The van der Waals surface area contributed by atoms with E-state index in [4.69, 9.17) is 19.0 Å². The van der Waals surface area contributed by atoms with Gasteiger partial charge in [-0.25, -0.2) is 9.78 Å². The first-order valence-electron chi connectivity index (χ1n) is 12.1. The van der Waals surface area contributed by atoms with Crippen LogP contribution in [0.3, 0.4) is 0 Å². The van der Waals surface area contributed by atoms with Crippen LogP contribution in [0.5, 0.6) is 0 Å². The van der Waals surface area contributed by atoms with Crippen molar-refractivity contribution < 1.29 is 18.8 Å². The smallest absolute Gasteiger partial charge is 0.444 e. The Hall–Kier alpha value is -2.58. The summed E-state index contributed by atoms with van der Waals surface area (Å²) in [6.07, 6.45) is 1.51. The highest BCUT2D eigenvalue weighted by atomic mass is 16.7. The Kier molecular flexibility index (Phi) is 5.26. The van der Waals surface area contributed by atoms with Gasteiger partial charge in [-0.2, -0.15) is 0 Å². The van der Waals surface area contributed by atoms with Crippen LogP contribution in [0.15, 0.2) is 30.3 Å². The maximum Gasteiger partial charge on any atom is 0.494 e. The summed E-state index contributed by atoms with van der Waals surface area (Å²) in [5.41, 5.74) is 1.58. The number of fused-ring (bicyclic) bond motifs is 3. The molecule has 1 unspecified atom stereocenters. The van der Waals surface area contributed by atoms with Gasteiger partial charge < -0.3 is 19.0 Å². The van der Waals surface area contributed by atoms with Crippen LogP contribution in [0.2, 0.25) is 0 Å². The lowest BCUT2D eigenvalue weighted by Crippen LogP contribution is -2.41. The number of nitrogens with one attached hydrogen (secondary N) is 1. The molecule has 0 spiro atoms. The normalized spacial score (nSPS) is 22.1. The highest BCUT2D eigenvalue weighted by molar-refractivity contribution is 6.62. The van der Waals surface area contributed by atoms with E-state index in [-0.39, 0.29) is 23.3 Å². The van der Waals surface area contributed by atoms with Crippen LogP contribution < -0.4 is 5.46 Å². The van der Waals surface area contributed by atoms with E-state index in [1.165, 1.54) is 0 Å². The monoisotopic (exact) mass is 463 g/mol. The lowest BCUT2D eigenvalue weighted by Gasteiger charge is -2.32. The average Bonchev–Trinajstić information content (AvgIpc) is 3.42. The minimum atomic E-state index is -0.525. The van der Waals surface area contributed by atoms with Gasteiger partial charge in [0.25, 0.3) is 0 Å². The summed E-state index contributed by atoms with van der Waals surface area (Å²) in [6, 6.07) is 10.3. The third kappa shape index (κ3) is 3.97. The second kappa shape index (κ2) is 7.72. The second-order valence-electron chi connectivity index (χ2n) is 11.5. The zero-order valence-electron chi connectivity index (χ0n) is 21.2. The Morgan fingerprint density at radius 2 is 1.85 bits per heavy atom. The van der Waals surface area contributed by atoms with Crippen LogP contribution in [0, 0.1) is 0 Å². The highest BCUT2D eigenvalue weighted by Crippen LogP contribution is 2.37. The number of amides is 1. The Labute approximate surface area is 201 Å². The first kappa shape index (κ1) is 23.2. The van der Waals surface area contributed by atoms with Gasteiger partial charge in [0.1, 0.15) is 11.4 Å². The molecule has 2 aromatic carbocycles. The van der Waals surface area contributed by atoms with E-state index >= 15 is 0 Å². The standard InChI is InChI=1S/C26H34BN3O4/c1-24(2,3)32-23(31)30-14-8-9-20(30)22-28-19-13-10-16-15-17(11-12-18(16)21(19)29-22)27-33-25(4,5)26(6,7)34-27/h10-13,15,20H,8-9,14H2,1-7H3,(H,28,29). The van der Waals surface area contributed by atoms with E-state index in [0.717, 1.165) is 45.9 Å². The Morgan fingerprint density at radius 3 is 2.53 bits per heavy atom. The summed E-state index contributed by atoms with van der Waals surface area (Å²) in [6.45, 7) is 14.6. The number of likely N-dealkylation sites (tertiary alicyclic amines) is 1. The fourth-order valence-corrected chi connectivity index (χ4v) is 4.71. The lowest BCUT2D eigenvalue weighted by atomic mass is 9.78. The summed E-state index contributed by atoms with van der Waals surface area (Å²) in [5.74, 6) is 0.806. The first-order chi connectivity index (χ1) is 15.8. The van der Waals surface area contributed by atoms with E-state index < -0.39 is 12.7 Å². The van der Waals surface area contributed by atoms with Crippen molar-refractivity contribution in [3.63, 3.8) is 0 Å². The molecule has 0 radical (unpaired) electrons. The van der Waals surface area contributed by atoms with E-state index in [1.54, 1.807) is 4.90 Å². The molecule has 8 heteroatoms. The minimum Gasteiger partial charge on any atom is -0.444 e. The maximum atomic E-state index is 12.8. The van der Waals surface area contributed by atoms with Crippen molar-refractivity contribution in [1.29, 1.82) is 0 Å². The first-order valence-corrected chi connectivity index (χ1v) is 12.1. The molecule has 0 saturated carbocycles. The third-order valence-corrected chi connectivity index (χ3v) is 7.23. The average molecular weight is 463 g/mol. The van der Waals surface area contributed by atoms with Crippen LogP contribution in [0.4, 0.5) is 4.79 Å². The maximum absolute atomic E-state index is 12.8. The van der Waals surface area contributed by atoms with Crippen molar-refractivity contribution in [2.75, 3.05) is 6.54 Å². The molecular formula is C26H34BN3O4. The molecule has 1 aromatic heterocycles. The summed E-state index contributed by atoms with van der Waals surface area (Å²) < 4.78 is 18.1. The van der Waals surface area contributed by atoms with Crippen molar-refractivity contribution in [1.82, 2.24) is 14.9 Å². The summed E-state index contributed by atoms with van der Waals surface area (Å²) in [7, 11) is -0.402. The lowest BCUT2D eigenvalue weighted by molar-refractivity contribution is 0.00578. The Morgan fingerprint density at radius 1 is 1.15 bits per heavy atom. The van der Waals surface area contributed by atoms with Crippen molar-refractivity contribution >= 4 is 40.5 Å². The molecule has 2 aliphatic heterocycles. The Bertz CT molecular complexity index is 1240. The van der Waals surface area contributed by atoms with E-state index in [9.17, 15) is 4.79 Å². The molecule has 34 heavy (non-hydrogen) atoms. The number of aromatic amines is 1. The van der Waals surface area contributed by atoms with Gasteiger partial charge in [0, 0.05) is 11.9 Å². The van der Waals surface area contributed by atoms with Crippen LogP contribution in [-0.2, 0) is 14.0 Å². The van der Waals surface area contributed by atoms with Crippen LogP contribution >= 0.6 is 0 Å². The third-order valence-electron chi connectivity index (χ3n) is 7.23. The zero-order chi connectivity index (χ0) is 24.5. The predicted molar refractivity (Wildman–Crippen MR) is 134 cm³/mol. The SMILES string of the molecule is CC(C)(C)OC(=O)N1CCCC1c1nc2c(ccc3cc(B4OC(C)(C)C(C)(C)O4)ccc32)[nH]1. The van der Waals surface area contributed by atoms with E-state index in [1.807, 2.05) is 20.8 Å². The summed E-state index contributed by atoms with van der Waals surface area (Å²) >= 11 is 0. The second-order valence-corrected chi connectivity index (χ2v) is 11.5. The molecule has 3 aromatic rings. The molecule has 1 amide bonds. The van der Waals surface area contributed by atoms with Gasteiger partial charge in [-0.05, 0) is 78.2 Å². The molecule has 2 fully saturated rings. The number of imidazole rings is 1. The van der Waals surface area contributed by atoms with Gasteiger partial charge in [-0.1, -0.05) is 24.3 Å². The van der Waals surface area contributed by atoms with Crippen molar-refractivity contribution in [2.24, 2.45) is 0 Å². The summed E-state index contributed by atoms with van der Waals surface area (Å²) in [4.78, 5) is 23.0. The molecular weight excluding hydrogens is 429 g/mol. The number of aromatic nitrogens is 2. The number of ether oxygens (including phenoxy) is 1. The predicted octanol–water partition coefficient (Wildman–Crippen LogP) is 5.09. The number of hydrogen-bond acceptors (Lipinski definition) is 5. The van der Waals surface area contributed by atoms with E-state index in [2.05, 4.69) is 63.0 Å². The van der Waals surface area contributed by atoms with Crippen molar-refractivity contribution in [3.8, 4) is 0 Å². The van der Waals surface area contributed by atoms with Crippen LogP contribution in [0.1, 0.15) is 73.2 Å². The number of carbonyl (C=O) groups is 1. The number of nitrogens with zero attached hydrogens (tertiary/aromatic N) is 2. The van der Waals surface area contributed by atoms with Gasteiger partial charge in [0.2, 0.25) is 0 Å².